The molecular formula is C15H22N2O2S. The number of carbonyl (C=O) groups is 1. The maximum absolute atomic E-state index is 12.0. The molecule has 0 aliphatic carbocycles. The Morgan fingerprint density at radius 3 is 2.80 bits per heavy atom. The van der Waals surface area contributed by atoms with Gasteiger partial charge in [0.15, 0.2) is 5.11 Å². The lowest BCUT2D eigenvalue weighted by atomic mass is 10.1. The Kier molecular flexibility index (Phi) is 7.01. The van der Waals surface area contributed by atoms with Gasteiger partial charge in [0.2, 0.25) is 0 Å². The van der Waals surface area contributed by atoms with E-state index in [0.717, 1.165) is 6.42 Å². The van der Waals surface area contributed by atoms with Crippen LogP contribution in [-0.4, -0.2) is 24.2 Å². The Labute approximate surface area is 125 Å². The Bertz CT molecular complexity index is 461. The van der Waals surface area contributed by atoms with Crippen LogP contribution in [0.5, 0.6) is 5.75 Å². The molecule has 0 saturated carbocycles. The van der Waals surface area contributed by atoms with Gasteiger partial charge < -0.3 is 10.1 Å². The lowest BCUT2D eigenvalue weighted by Gasteiger charge is -2.10. The molecule has 110 valence electrons. The van der Waals surface area contributed by atoms with E-state index in [1.807, 2.05) is 13.0 Å². The number of nitrogens with one attached hydrogen (secondary N) is 2. The number of hydrogen-bond donors (Lipinski definition) is 2. The van der Waals surface area contributed by atoms with E-state index < -0.39 is 0 Å². The van der Waals surface area contributed by atoms with Crippen LogP contribution in [0.25, 0.3) is 0 Å². The van der Waals surface area contributed by atoms with Crippen molar-refractivity contribution in [2.45, 2.75) is 27.2 Å². The first-order valence-electron chi connectivity index (χ1n) is 6.85. The third-order valence-corrected chi connectivity index (χ3v) is 2.87. The highest BCUT2D eigenvalue weighted by atomic mass is 32.1. The summed E-state index contributed by atoms with van der Waals surface area (Å²) >= 11 is 4.99. The van der Waals surface area contributed by atoms with Gasteiger partial charge in [-0.3, -0.25) is 10.1 Å². The van der Waals surface area contributed by atoms with Crippen LogP contribution in [0.4, 0.5) is 0 Å². The molecule has 0 atom stereocenters. The lowest BCUT2D eigenvalue weighted by Crippen LogP contribution is -2.39. The normalized spacial score (nSPS) is 10.2. The molecule has 0 bridgehead atoms. The van der Waals surface area contributed by atoms with E-state index in [9.17, 15) is 4.79 Å². The largest absolute Gasteiger partial charge is 0.494 e. The number of carbonyl (C=O) groups excluding carboxylic acids is 1. The minimum absolute atomic E-state index is 0.231. The topological polar surface area (TPSA) is 50.4 Å². The second-order valence-corrected chi connectivity index (χ2v) is 5.28. The lowest BCUT2D eigenvalue weighted by molar-refractivity contribution is 0.0976. The van der Waals surface area contributed by atoms with E-state index in [-0.39, 0.29) is 5.91 Å². The minimum atomic E-state index is -0.231. The molecule has 0 saturated heterocycles. The molecule has 5 heteroatoms. The number of amides is 1. The van der Waals surface area contributed by atoms with Gasteiger partial charge in [-0.15, -0.1) is 0 Å². The van der Waals surface area contributed by atoms with Gasteiger partial charge in [-0.2, -0.15) is 0 Å². The van der Waals surface area contributed by atoms with Crippen LogP contribution in [0.2, 0.25) is 0 Å². The van der Waals surface area contributed by atoms with E-state index in [1.54, 1.807) is 18.2 Å². The molecule has 1 rings (SSSR count). The van der Waals surface area contributed by atoms with E-state index >= 15 is 0 Å². The summed E-state index contributed by atoms with van der Waals surface area (Å²) in [5.74, 6) is 1.07. The van der Waals surface area contributed by atoms with Gasteiger partial charge >= 0.3 is 0 Å². The second-order valence-electron chi connectivity index (χ2n) is 4.87. The van der Waals surface area contributed by atoms with Crippen molar-refractivity contribution in [1.29, 1.82) is 0 Å². The average Bonchev–Trinajstić information content (AvgIpc) is 2.39. The highest BCUT2D eigenvalue weighted by Crippen LogP contribution is 2.14. The van der Waals surface area contributed by atoms with Crippen molar-refractivity contribution >= 4 is 23.2 Å². The van der Waals surface area contributed by atoms with Gasteiger partial charge in [0.25, 0.3) is 5.91 Å². The van der Waals surface area contributed by atoms with E-state index in [0.29, 0.717) is 35.5 Å². The zero-order chi connectivity index (χ0) is 15.0. The monoisotopic (exact) mass is 294 g/mol. The molecule has 1 aromatic rings. The predicted molar refractivity (Wildman–Crippen MR) is 85.1 cm³/mol. The van der Waals surface area contributed by atoms with Gasteiger partial charge in [0.05, 0.1) is 6.61 Å². The maximum atomic E-state index is 12.0. The van der Waals surface area contributed by atoms with Crippen molar-refractivity contribution in [3.63, 3.8) is 0 Å². The number of benzene rings is 1. The number of thiocarbonyl (C=S) groups is 1. The first-order valence-corrected chi connectivity index (χ1v) is 7.25. The van der Waals surface area contributed by atoms with Gasteiger partial charge in [-0.25, -0.2) is 0 Å². The van der Waals surface area contributed by atoms with Gasteiger partial charge in [-0.1, -0.05) is 19.9 Å². The van der Waals surface area contributed by atoms with E-state index in [4.69, 9.17) is 17.0 Å². The molecule has 0 aliphatic heterocycles. The van der Waals surface area contributed by atoms with Crippen molar-refractivity contribution in [2.24, 2.45) is 5.92 Å². The molecule has 0 fully saturated rings. The number of hydrogen-bond acceptors (Lipinski definition) is 3. The predicted octanol–water partition coefficient (Wildman–Crippen LogP) is 2.74. The smallest absolute Gasteiger partial charge is 0.257 e. The molecule has 20 heavy (non-hydrogen) atoms. The van der Waals surface area contributed by atoms with Crippen LogP contribution in [0.15, 0.2) is 24.3 Å². The summed E-state index contributed by atoms with van der Waals surface area (Å²) in [5.41, 5.74) is 0.535. The first kappa shape index (κ1) is 16.4. The highest BCUT2D eigenvalue weighted by Gasteiger charge is 2.08. The standard InChI is InChI=1S/C15H22N2O2S/c1-4-16-15(20)17-14(18)12-6-5-7-13(10-12)19-9-8-11(2)3/h5-7,10-11H,4,8-9H2,1-3H3,(H2,16,17,18,20). The van der Waals surface area contributed by atoms with Crippen molar-refractivity contribution in [3.8, 4) is 5.75 Å². The summed E-state index contributed by atoms with van der Waals surface area (Å²) in [5, 5.41) is 5.84. The van der Waals surface area contributed by atoms with Crippen LogP contribution in [0, 0.1) is 5.92 Å². The summed E-state index contributed by atoms with van der Waals surface area (Å²) in [6.07, 6.45) is 0.987. The van der Waals surface area contributed by atoms with E-state index in [2.05, 4.69) is 24.5 Å². The summed E-state index contributed by atoms with van der Waals surface area (Å²) in [4.78, 5) is 12.0. The fraction of sp³-hybridized carbons (Fsp3) is 0.467. The molecule has 0 radical (unpaired) electrons. The number of rotatable bonds is 6. The van der Waals surface area contributed by atoms with Gasteiger partial charge in [0, 0.05) is 12.1 Å². The minimum Gasteiger partial charge on any atom is -0.494 e. The molecule has 0 heterocycles. The van der Waals surface area contributed by atoms with Crippen LogP contribution in [0.3, 0.4) is 0 Å². The third-order valence-electron chi connectivity index (χ3n) is 2.62. The molecule has 4 nitrogen and oxygen atoms in total. The van der Waals surface area contributed by atoms with Crippen molar-refractivity contribution in [3.05, 3.63) is 29.8 Å². The van der Waals surface area contributed by atoms with Crippen molar-refractivity contribution in [1.82, 2.24) is 10.6 Å². The van der Waals surface area contributed by atoms with Crippen LogP contribution < -0.4 is 15.4 Å². The summed E-state index contributed by atoms with van der Waals surface area (Å²) < 4.78 is 5.63. The molecule has 2 N–H and O–H groups in total. The molecule has 1 aromatic carbocycles. The molecule has 1 amide bonds. The SMILES string of the molecule is CCNC(=S)NC(=O)c1cccc(OCCC(C)C)c1. The summed E-state index contributed by atoms with van der Waals surface area (Å²) in [6, 6.07) is 7.11. The quantitative estimate of drug-likeness (QED) is 0.792. The molecule has 0 unspecified atom stereocenters. The summed E-state index contributed by atoms with van der Waals surface area (Å²) in [7, 11) is 0. The second kappa shape index (κ2) is 8.53. The van der Waals surface area contributed by atoms with Crippen molar-refractivity contribution < 1.29 is 9.53 Å². The Morgan fingerprint density at radius 1 is 1.40 bits per heavy atom. The van der Waals surface area contributed by atoms with Gasteiger partial charge in [-0.05, 0) is 49.7 Å². The molecular weight excluding hydrogens is 272 g/mol. The molecule has 0 aliphatic rings. The highest BCUT2D eigenvalue weighted by molar-refractivity contribution is 7.80. The Hall–Kier alpha value is -1.62. The zero-order valence-electron chi connectivity index (χ0n) is 12.2. The van der Waals surface area contributed by atoms with Crippen LogP contribution in [-0.2, 0) is 0 Å². The molecule has 0 spiro atoms. The fourth-order valence-electron chi connectivity index (χ4n) is 1.52. The summed E-state index contributed by atoms with van der Waals surface area (Å²) in [6.45, 7) is 7.54. The van der Waals surface area contributed by atoms with E-state index in [1.165, 1.54) is 0 Å². The van der Waals surface area contributed by atoms with Crippen LogP contribution in [0.1, 0.15) is 37.6 Å². The van der Waals surface area contributed by atoms with Crippen molar-refractivity contribution in [2.75, 3.05) is 13.2 Å². The van der Waals surface area contributed by atoms with Gasteiger partial charge in [0.1, 0.15) is 5.75 Å². The molecule has 0 aromatic heterocycles. The first-order chi connectivity index (χ1) is 9.52. The fourth-order valence-corrected chi connectivity index (χ4v) is 1.76. The average molecular weight is 294 g/mol. The third kappa shape index (κ3) is 6.02. The maximum Gasteiger partial charge on any atom is 0.257 e. The Morgan fingerprint density at radius 2 is 2.15 bits per heavy atom. The number of ether oxygens (including phenoxy) is 1. The Balaban J connectivity index is 2.58. The van der Waals surface area contributed by atoms with Crippen LogP contribution >= 0.6 is 12.2 Å². The zero-order valence-corrected chi connectivity index (χ0v) is 13.0.